The molecule has 2 amide bonds. The molecule has 6 nitrogen and oxygen atoms in total. The van der Waals surface area contributed by atoms with Gasteiger partial charge in [0.1, 0.15) is 5.70 Å². The van der Waals surface area contributed by atoms with E-state index in [0.29, 0.717) is 11.6 Å². The van der Waals surface area contributed by atoms with Crippen LogP contribution in [0, 0.1) is 0 Å². The molecule has 0 atom stereocenters. The molecule has 0 unspecified atom stereocenters. The molecule has 0 aliphatic carbocycles. The summed E-state index contributed by atoms with van der Waals surface area (Å²) >= 11 is 5.85. The van der Waals surface area contributed by atoms with Crippen molar-refractivity contribution >= 4 is 29.5 Å². The number of halogens is 1. The van der Waals surface area contributed by atoms with Gasteiger partial charge in [0.25, 0.3) is 5.91 Å². The molecule has 2 aromatic rings. The predicted molar refractivity (Wildman–Crippen MR) is 93.1 cm³/mol. The highest BCUT2D eigenvalue weighted by atomic mass is 35.5. The summed E-state index contributed by atoms with van der Waals surface area (Å²) in [5.41, 5.74) is 0.976. The van der Waals surface area contributed by atoms with Crippen molar-refractivity contribution in [1.29, 1.82) is 0 Å². The van der Waals surface area contributed by atoms with E-state index in [1.54, 1.807) is 42.9 Å². The molecule has 7 heteroatoms. The van der Waals surface area contributed by atoms with Gasteiger partial charge in [-0.05, 0) is 30.2 Å². The zero-order valence-corrected chi connectivity index (χ0v) is 14.1. The molecule has 0 saturated carbocycles. The summed E-state index contributed by atoms with van der Waals surface area (Å²) in [4.78, 5) is 27.6. The summed E-state index contributed by atoms with van der Waals surface area (Å²) in [5.74, 6) is -0.630. The van der Waals surface area contributed by atoms with Crippen LogP contribution in [0.4, 0.5) is 0 Å². The van der Waals surface area contributed by atoms with Crippen LogP contribution < -0.4 is 10.6 Å². The summed E-state index contributed by atoms with van der Waals surface area (Å²) in [6.07, 6.45) is 7.68. The lowest BCUT2D eigenvalue weighted by Crippen LogP contribution is -2.34. The molecule has 0 bridgehead atoms. The highest BCUT2D eigenvalue weighted by Crippen LogP contribution is 2.12. The van der Waals surface area contributed by atoms with E-state index in [1.807, 2.05) is 10.8 Å². The third-order valence-corrected chi connectivity index (χ3v) is 3.43. The van der Waals surface area contributed by atoms with Gasteiger partial charge in [-0.15, -0.1) is 0 Å². The summed E-state index contributed by atoms with van der Waals surface area (Å²) in [7, 11) is 0. The van der Waals surface area contributed by atoms with Gasteiger partial charge in [-0.2, -0.15) is 0 Å². The standard InChI is InChI=1S/C17H19ClN4O2/c1-13(23)21-16(11-14-3-5-15(18)6-4-14)17(24)20-7-2-9-22-10-8-19-12-22/h3-6,8,10-12H,2,7,9H2,1H3,(H,20,24)(H,21,23). The van der Waals surface area contributed by atoms with Gasteiger partial charge in [-0.25, -0.2) is 4.98 Å². The lowest BCUT2D eigenvalue weighted by atomic mass is 10.2. The number of hydrogen-bond acceptors (Lipinski definition) is 3. The quantitative estimate of drug-likeness (QED) is 0.596. The number of carbonyl (C=O) groups excluding carboxylic acids is 2. The largest absolute Gasteiger partial charge is 0.351 e. The molecule has 1 aromatic heterocycles. The molecule has 1 aromatic carbocycles. The minimum Gasteiger partial charge on any atom is -0.351 e. The molecule has 2 N–H and O–H groups in total. The molecule has 0 aliphatic heterocycles. The molecule has 0 fully saturated rings. The van der Waals surface area contributed by atoms with E-state index >= 15 is 0 Å². The lowest BCUT2D eigenvalue weighted by molar-refractivity contribution is -0.122. The minimum atomic E-state index is -0.328. The average molecular weight is 347 g/mol. The molecule has 0 aliphatic rings. The Morgan fingerprint density at radius 3 is 2.67 bits per heavy atom. The van der Waals surface area contributed by atoms with Crippen molar-refractivity contribution in [2.45, 2.75) is 19.9 Å². The smallest absolute Gasteiger partial charge is 0.267 e. The second kappa shape index (κ2) is 8.88. The lowest BCUT2D eigenvalue weighted by Gasteiger charge is -2.10. The van der Waals surface area contributed by atoms with Crippen LogP contribution in [0.3, 0.4) is 0 Å². The first-order valence-electron chi connectivity index (χ1n) is 7.53. The van der Waals surface area contributed by atoms with Gasteiger partial charge < -0.3 is 15.2 Å². The molecule has 0 spiro atoms. The Morgan fingerprint density at radius 1 is 1.29 bits per heavy atom. The number of rotatable bonds is 7. The van der Waals surface area contributed by atoms with Gasteiger partial charge in [0.15, 0.2) is 0 Å². The maximum Gasteiger partial charge on any atom is 0.267 e. The number of nitrogens with one attached hydrogen (secondary N) is 2. The van der Waals surface area contributed by atoms with Crippen LogP contribution in [-0.4, -0.2) is 27.9 Å². The minimum absolute atomic E-state index is 0.201. The van der Waals surface area contributed by atoms with E-state index in [9.17, 15) is 9.59 Å². The number of nitrogens with zero attached hydrogens (tertiary/aromatic N) is 2. The third kappa shape index (κ3) is 5.89. The summed E-state index contributed by atoms with van der Waals surface area (Å²) in [6, 6.07) is 7.00. The monoisotopic (exact) mass is 346 g/mol. The number of aromatic nitrogens is 2. The first kappa shape index (κ1) is 17.7. The molecule has 0 saturated heterocycles. The van der Waals surface area contributed by atoms with Crippen LogP contribution in [0.5, 0.6) is 0 Å². The van der Waals surface area contributed by atoms with Gasteiger partial charge in [0.2, 0.25) is 5.91 Å². The maximum atomic E-state index is 12.3. The van der Waals surface area contributed by atoms with Gasteiger partial charge in [-0.1, -0.05) is 23.7 Å². The summed E-state index contributed by atoms with van der Waals surface area (Å²) < 4.78 is 1.93. The van der Waals surface area contributed by atoms with E-state index in [-0.39, 0.29) is 17.5 Å². The van der Waals surface area contributed by atoms with E-state index in [4.69, 9.17) is 11.6 Å². The number of benzene rings is 1. The number of imidazole rings is 1. The Kier molecular flexibility index (Phi) is 6.57. The molecular weight excluding hydrogens is 328 g/mol. The fourth-order valence-electron chi connectivity index (χ4n) is 2.05. The van der Waals surface area contributed by atoms with Crippen molar-refractivity contribution in [3.63, 3.8) is 0 Å². The van der Waals surface area contributed by atoms with E-state index < -0.39 is 0 Å². The fourth-order valence-corrected chi connectivity index (χ4v) is 2.18. The molecule has 126 valence electrons. The predicted octanol–water partition coefficient (Wildman–Crippen LogP) is 2.22. The number of aryl methyl sites for hydroxylation is 1. The van der Waals surface area contributed by atoms with Gasteiger partial charge in [0, 0.05) is 37.4 Å². The second-order valence-corrected chi connectivity index (χ2v) is 5.64. The van der Waals surface area contributed by atoms with Gasteiger partial charge in [0.05, 0.1) is 6.33 Å². The molecule has 1 heterocycles. The first-order chi connectivity index (χ1) is 11.5. The second-order valence-electron chi connectivity index (χ2n) is 5.20. The maximum absolute atomic E-state index is 12.3. The van der Waals surface area contributed by atoms with E-state index in [1.165, 1.54) is 6.92 Å². The number of amides is 2. The SMILES string of the molecule is CC(=O)NC(=Cc1ccc(Cl)cc1)C(=O)NCCCn1ccnc1. The van der Waals surface area contributed by atoms with Crippen molar-refractivity contribution in [2.75, 3.05) is 6.54 Å². The van der Waals surface area contributed by atoms with E-state index in [0.717, 1.165) is 18.5 Å². The van der Waals surface area contributed by atoms with Crippen LogP contribution in [0.25, 0.3) is 6.08 Å². The summed E-state index contributed by atoms with van der Waals surface area (Å²) in [5, 5.41) is 5.97. The van der Waals surface area contributed by atoms with Crippen LogP contribution in [0.2, 0.25) is 5.02 Å². The summed E-state index contributed by atoms with van der Waals surface area (Å²) in [6.45, 7) is 2.62. The van der Waals surface area contributed by atoms with Crippen molar-refractivity contribution in [1.82, 2.24) is 20.2 Å². The van der Waals surface area contributed by atoms with Gasteiger partial charge in [-0.3, -0.25) is 9.59 Å². The Balaban J connectivity index is 1.94. The highest BCUT2D eigenvalue weighted by Gasteiger charge is 2.10. The molecule has 0 radical (unpaired) electrons. The van der Waals surface area contributed by atoms with Crippen LogP contribution in [0.15, 0.2) is 48.7 Å². The zero-order valence-electron chi connectivity index (χ0n) is 13.3. The van der Waals surface area contributed by atoms with Crippen molar-refractivity contribution < 1.29 is 9.59 Å². The van der Waals surface area contributed by atoms with Gasteiger partial charge >= 0.3 is 0 Å². The average Bonchev–Trinajstić information content (AvgIpc) is 3.06. The fraction of sp³-hybridized carbons (Fsp3) is 0.235. The molecule has 24 heavy (non-hydrogen) atoms. The third-order valence-electron chi connectivity index (χ3n) is 3.17. The van der Waals surface area contributed by atoms with Crippen molar-refractivity contribution in [2.24, 2.45) is 0 Å². The topological polar surface area (TPSA) is 76.0 Å². The Bertz CT molecular complexity index is 709. The van der Waals surface area contributed by atoms with E-state index in [2.05, 4.69) is 15.6 Å². The zero-order chi connectivity index (χ0) is 17.4. The Hall–Kier alpha value is -2.60. The van der Waals surface area contributed by atoms with Crippen LogP contribution >= 0.6 is 11.6 Å². The molecular formula is C17H19ClN4O2. The Morgan fingerprint density at radius 2 is 2.04 bits per heavy atom. The normalized spacial score (nSPS) is 11.2. The van der Waals surface area contributed by atoms with Crippen molar-refractivity contribution in [3.05, 3.63) is 59.3 Å². The number of hydrogen-bond donors (Lipinski definition) is 2. The number of carbonyl (C=O) groups is 2. The van der Waals surface area contributed by atoms with Crippen LogP contribution in [-0.2, 0) is 16.1 Å². The highest BCUT2D eigenvalue weighted by molar-refractivity contribution is 6.30. The molecule has 2 rings (SSSR count). The van der Waals surface area contributed by atoms with Crippen LogP contribution in [0.1, 0.15) is 18.9 Å². The Labute approximate surface area is 145 Å². The first-order valence-corrected chi connectivity index (χ1v) is 7.91. The van der Waals surface area contributed by atoms with Crippen molar-refractivity contribution in [3.8, 4) is 0 Å².